The average molecular weight is 554 g/mol. The number of anilines is 1. The fourth-order valence-corrected chi connectivity index (χ4v) is 5.62. The third-order valence-corrected chi connectivity index (χ3v) is 7.70. The van der Waals surface area contributed by atoms with Gasteiger partial charge in [0, 0.05) is 35.1 Å². The number of ether oxygens (including phenoxy) is 2. The number of Topliss-reactive ketones (excluding diaryl/α,β-unsaturated/α-hetero) is 1. The molecular formula is C27H28ClN5O4S. The van der Waals surface area contributed by atoms with Crippen LogP contribution in [-0.4, -0.2) is 64.3 Å². The second-order valence-corrected chi connectivity index (χ2v) is 10.4. The van der Waals surface area contributed by atoms with Crippen molar-refractivity contribution in [2.24, 2.45) is 0 Å². The summed E-state index contributed by atoms with van der Waals surface area (Å²) in [6.45, 7) is 5.64. The summed E-state index contributed by atoms with van der Waals surface area (Å²) < 4.78 is 12.8. The number of ketones is 1. The molecule has 1 aromatic heterocycles. The maximum atomic E-state index is 12.7. The maximum absolute atomic E-state index is 12.7. The minimum atomic E-state index is -0.449. The number of rotatable bonds is 8. The molecule has 2 aliphatic rings. The Morgan fingerprint density at radius 1 is 1.16 bits per heavy atom. The summed E-state index contributed by atoms with van der Waals surface area (Å²) in [6, 6.07) is 14.6. The maximum Gasteiger partial charge on any atom is 0.260 e. The summed E-state index contributed by atoms with van der Waals surface area (Å²) in [7, 11) is 0. The lowest BCUT2D eigenvalue weighted by Gasteiger charge is -2.28. The van der Waals surface area contributed by atoms with Crippen molar-refractivity contribution in [2.75, 3.05) is 38.2 Å². The van der Waals surface area contributed by atoms with Gasteiger partial charge in [-0.05, 0) is 43.2 Å². The highest BCUT2D eigenvalue weighted by Gasteiger charge is 2.32. The zero-order chi connectivity index (χ0) is 26.6. The Kier molecular flexibility index (Phi) is 8.01. The summed E-state index contributed by atoms with van der Waals surface area (Å²) in [5.74, 6) is 1.64. The van der Waals surface area contributed by atoms with E-state index < -0.39 is 6.04 Å². The van der Waals surface area contributed by atoms with Gasteiger partial charge in [-0.1, -0.05) is 53.7 Å². The number of carbonyl (C=O) groups is 2. The first kappa shape index (κ1) is 26.3. The van der Waals surface area contributed by atoms with Crippen molar-refractivity contribution in [1.82, 2.24) is 19.7 Å². The molecule has 0 aliphatic carbocycles. The van der Waals surface area contributed by atoms with Crippen LogP contribution in [0.1, 0.15) is 31.0 Å². The van der Waals surface area contributed by atoms with E-state index in [-0.39, 0.29) is 18.3 Å². The molecule has 0 bridgehead atoms. The molecule has 3 aromatic rings. The number of halogens is 1. The zero-order valence-corrected chi connectivity index (χ0v) is 22.7. The summed E-state index contributed by atoms with van der Waals surface area (Å²) in [4.78, 5) is 31.5. The average Bonchev–Trinajstić information content (AvgIpc) is 3.33. The molecule has 198 valence electrons. The molecule has 3 heterocycles. The number of hydrogen-bond donors (Lipinski definition) is 1. The van der Waals surface area contributed by atoms with Crippen molar-refractivity contribution < 1.29 is 19.1 Å². The van der Waals surface area contributed by atoms with Gasteiger partial charge in [0.05, 0.1) is 13.2 Å². The number of nitrogens with zero attached hydrogens (tertiary/aromatic N) is 4. The zero-order valence-electron chi connectivity index (χ0n) is 21.1. The van der Waals surface area contributed by atoms with E-state index in [4.69, 9.17) is 26.2 Å². The van der Waals surface area contributed by atoms with E-state index in [1.54, 1.807) is 28.6 Å². The molecule has 38 heavy (non-hydrogen) atoms. The first-order chi connectivity index (χ1) is 18.4. The van der Waals surface area contributed by atoms with Crippen molar-refractivity contribution in [1.29, 1.82) is 0 Å². The summed E-state index contributed by atoms with van der Waals surface area (Å²) >= 11 is 7.79. The van der Waals surface area contributed by atoms with E-state index in [0.29, 0.717) is 59.5 Å². The number of amides is 1. The van der Waals surface area contributed by atoms with Crippen LogP contribution in [0.25, 0.3) is 0 Å². The summed E-state index contributed by atoms with van der Waals surface area (Å²) in [5, 5.41) is 9.25. The molecule has 0 radical (unpaired) electrons. The minimum Gasteiger partial charge on any atom is -0.484 e. The van der Waals surface area contributed by atoms with Crippen molar-refractivity contribution in [3.63, 3.8) is 0 Å². The van der Waals surface area contributed by atoms with Gasteiger partial charge in [-0.3, -0.25) is 9.59 Å². The van der Waals surface area contributed by atoms with E-state index in [9.17, 15) is 9.59 Å². The second kappa shape index (κ2) is 11.6. The van der Waals surface area contributed by atoms with Crippen LogP contribution in [0.3, 0.4) is 0 Å². The van der Waals surface area contributed by atoms with Crippen LogP contribution in [0, 0.1) is 0 Å². The molecule has 11 heteroatoms. The lowest BCUT2D eigenvalue weighted by Crippen LogP contribution is -2.42. The predicted octanol–water partition coefficient (Wildman–Crippen LogP) is 4.34. The van der Waals surface area contributed by atoms with Gasteiger partial charge in [0.25, 0.3) is 5.91 Å². The molecule has 1 atom stereocenters. The van der Waals surface area contributed by atoms with Crippen LogP contribution in [0.2, 0.25) is 5.02 Å². The van der Waals surface area contributed by atoms with Gasteiger partial charge in [0.15, 0.2) is 12.4 Å². The molecule has 2 aliphatic heterocycles. The number of morpholine rings is 1. The van der Waals surface area contributed by atoms with E-state index in [1.807, 2.05) is 43.3 Å². The van der Waals surface area contributed by atoms with Gasteiger partial charge >= 0.3 is 0 Å². The lowest BCUT2D eigenvalue weighted by molar-refractivity contribution is -0.137. The summed E-state index contributed by atoms with van der Waals surface area (Å²) in [6.07, 6.45) is 0. The monoisotopic (exact) mass is 553 g/mol. The van der Waals surface area contributed by atoms with E-state index in [0.717, 1.165) is 16.8 Å². The molecule has 1 amide bonds. The fraction of sp³-hybridized carbons (Fsp3) is 0.333. The molecule has 1 saturated heterocycles. The predicted molar refractivity (Wildman–Crippen MR) is 146 cm³/mol. The van der Waals surface area contributed by atoms with Crippen LogP contribution < -0.4 is 10.1 Å². The number of hydrogen-bond acceptors (Lipinski definition) is 8. The number of benzene rings is 2. The Bertz CT molecular complexity index is 1370. The fourth-order valence-electron chi connectivity index (χ4n) is 4.51. The number of carbonyl (C=O) groups excluding carboxylic acids is 2. The highest BCUT2D eigenvalue weighted by molar-refractivity contribution is 7.98. The van der Waals surface area contributed by atoms with Crippen molar-refractivity contribution in [2.45, 2.75) is 30.8 Å². The Labute approximate surface area is 230 Å². The molecule has 0 spiro atoms. The standard InChI is InChI=1S/C27H28ClN5O4S/c1-17-24(18(2)34)25(19-7-9-21(10-8-19)37-15-23(35)32-11-13-36-14-12-32)33-26(29-17)30-27(31-33)38-16-20-5-3-4-6-22(20)28/h3-10,25H,11-16H2,1-2H3,(H,29,30,31). The lowest BCUT2D eigenvalue weighted by atomic mass is 9.93. The van der Waals surface area contributed by atoms with Gasteiger partial charge in [0.1, 0.15) is 11.8 Å². The molecule has 0 saturated carbocycles. The first-order valence-corrected chi connectivity index (χ1v) is 13.7. The SMILES string of the molecule is CC(=O)C1=C(C)Nc2nc(SCc3ccccc3Cl)nn2C1c1ccc(OCC(=O)N2CCOCC2)cc1. The number of allylic oxidation sites excluding steroid dienone is 2. The number of aromatic nitrogens is 3. The third kappa shape index (κ3) is 5.72. The van der Waals surface area contributed by atoms with Crippen molar-refractivity contribution in [3.8, 4) is 5.75 Å². The van der Waals surface area contributed by atoms with E-state index in [1.165, 1.54) is 11.8 Å². The Balaban J connectivity index is 1.34. The normalized spacial score (nSPS) is 17.1. The van der Waals surface area contributed by atoms with E-state index >= 15 is 0 Å². The highest BCUT2D eigenvalue weighted by atomic mass is 35.5. The van der Waals surface area contributed by atoms with Gasteiger partial charge in [-0.15, -0.1) is 5.10 Å². The molecule has 2 aromatic carbocycles. The molecule has 5 rings (SSSR count). The van der Waals surface area contributed by atoms with Gasteiger partial charge in [0.2, 0.25) is 11.1 Å². The van der Waals surface area contributed by atoms with E-state index in [2.05, 4.69) is 10.3 Å². The number of thioether (sulfide) groups is 1. The van der Waals surface area contributed by atoms with Crippen LogP contribution in [-0.2, 0) is 20.1 Å². The van der Waals surface area contributed by atoms with Crippen molar-refractivity contribution >= 4 is 41.0 Å². The quantitative estimate of drug-likeness (QED) is 0.411. The van der Waals surface area contributed by atoms with Gasteiger partial charge < -0.3 is 19.7 Å². The number of nitrogens with one attached hydrogen (secondary N) is 1. The summed E-state index contributed by atoms with van der Waals surface area (Å²) in [5.41, 5.74) is 3.21. The van der Waals surface area contributed by atoms with Crippen LogP contribution in [0.4, 0.5) is 5.95 Å². The van der Waals surface area contributed by atoms with Gasteiger partial charge in [-0.25, -0.2) is 4.68 Å². The molecule has 1 N–H and O–H groups in total. The van der Waals surface area contributed by atoms with Crippen molar-refractivity contribution in [3.05, 3.63) is 76.0 Å². The van der Waals surface area contributed by atoms with Gasteiger partial charge in [-0.2, -0.15) is 4.98 Å². The largest absolute Gasteiger partial charge is 0.484 e. The molecule has 1 fully saturated rings. The Morgan fingerprint density at radius 3 is 2.61 bits per heavy atom. The van der Waals surface area contributed by atoms with Crippen LogP contribution >= 0.6 is 23.4 Å². The third-order valence-electron chi connectivity index (χ3n) is 6.45. The second-order valence-electron chi connectivity index (χ2n) is 9.02. The molecule has 1 unspecified atom stereocenters. The topological polar surface area (TPSA) is 98.6 Å². The van der Waals surface area contributed by atoms with Crippen LogP contribution in [0.15, 0.2) is 65.0 Å². The minimum absolute atomic E-state index is 0.0381. The Morgan fingerprint density at radius 2 is 1.89 bits per heavy atom. The Hall–Kier alpha value is -3.34. The smallest absolute Gasteiger partial charge is 0.260 e. The molecular weight excluding hydrogens is 526 g/mol. The first-order valence-electron chi connectivity index (χ1n) is 12.3. The number of fused-ring (bicyclic) bond motifs is 1. The highest BCUT2D eigenvalue weighted by Crippen LogP contribution is 2.37. The molecule has 9 nitrogen and oxygen atoms in total. The van der Waals surface area contributed by atoms with Crippen LogP contribution in [0.5, 0.6) is 5.75 Å².